The molecule has 2 heteroatoms. The van der Waals surface area contributed by atoms with E-state index in [0.29, 0.717) is 5.56 Å². The number of ether oxygens (including phenoxy) is 1. The second kappa shape index (κ2) is 7.70. The lowest BCUT2D eigenvalue weighted by Gasteiger charge is -2.09. The van der Waals surface area contributed by atoms with Crippen LogP contribution in [0.15, 0.2) is 36.4 Å². The molecule has 0 aliphatic rings. The molecular formula is C16H22O2. The summed E-state index contributed by atoms with van der Waals surface area (Å²) in [6.45, 7) is 6.04. The zero-order chi connectivity index (χ0) is 13.4. The molecule has 0 saturated carbocycles. The summed E-state index contributed by atoms with van der Waals surface area (Å²) in [5.41, 5.74) is 1.74. The Balaban J connectivity index is 2.44. The van der Waals surface area contributed by atoms with E-state index in [0.717, 1.165) is 12.0 Å². The highest BCUT2D eigenvalue weighted by Crippen LogP contribution is 2.07. The fraction of sp³-hybridized carbons (Fsp3) is 0.438. The summed E-state index contributed by atoms with van der Waals surface area (Å²) in [5, 5.41) is 0. The molecule has 2 nitrogen and oxygen atoms in total. The fourth-order valence-electron chi connectivity index (χ4n) is 1.58. The Hall–Kier alpha value is -1.57. The maximum Gasteiger partial charge on any atom is 0.338 e. The standard InChI is InChI=1S/C16H22O2/c1-4-5-6-7-8-14(3)18-16(17)15-11-9-13(2)10-12-15/h7-12,14H,4-6H2,1-3H3/b8-7+. The largest absolute Gasteiger partial charge is 0.455 e. The molecule has 0 saturated heterocycles. The summed E-state index contributed by atoms with van der Waals surface area (Å²) < 4.78 is 5.33. The van der Waals surface area contributed by atoms with Crippen molar-refractivity contribution in [1.82, 2.24) is 0 Å². The molecule has 0 aliphatic heterocycles. The van der Waals surface area contributed by atoms with Gasteiger partial charge in [0, 0.05) is 0 Å². The van der Waals surface area contributed by atoms with E-state index in [-0.39, 0.29) is 12.1 Å². The number of esters is 1. The van der Waals surface area contributed by atoms with Gasteiger partial charge in [0.2, 0.25) is 0 Å². The monoisotopic (exact) mass is 246 g/mol. The Morgan fingerprint density at radius 3 is 2.61 bits per heavy atom. The van der Waals surface area contributed by atoms with Gasteiger partial charge < -0.3 is 4.74 Å². The maximum absolute atomic E-state index is 11.8. The van der Waals surface area contributed by atoms with Crippen molar-refractivity contribution >= 4 is 5.97 Å². The van der Waals surface area contributed by atoms with E-state index < -0.39 is 0 Å². The van der Waals surface area contributed by atoms with Crippen molar-refractivity contribution in [1.29, 1.82) is 0 Å². The smallest absolute Gasteiger partial charge is 0.338 e. The predicted molar refractivity (Wildman–Crippen MR) is 74.7 cm³/mol. The maximum atomic E-state index is 11.8. The van der Waals surface area contributed by atoms with Crippen LogP contribution in [-0.4, -0.2) is 12.1 Å². The third-order valence-corrected chi connectivity index (χ3v) is 2.71. The van der Waals surface area contributed by atoms with Crippen molar-refractivity contribution in [3.63, 3.8) is 0 Å². The SMILES string of the molecule is CCCC/C=C/C(C)OC(=O)c1ccc(C)cc1. The van der Waals surface area contributed by atoms with Gasteiger partial charge in [-0.25, -0.2) is 4.79 Å². The Kier molecular flexibility index (Phi) is 6.20. The molecule has 98 valence electrons. The van der Waals surface area contributed by atoms with Crippen LogP contribution in [0.4, 0.5) is 0 Å². The molecule has 0 N–H and O–H groups in total. The van der Waals surface area contributed by atoms with E-state index in [4.69, 9.17) is 4.74 Å². The number of hydrogen-bond donors (Lipinski definition) is 0. The molecule has 0 aliphatic carbocycles. The minimum Gasteiger partial charge on any atom is -0.455 e. The van der Waals surface area contributed by atoms with Crippen molar-refractivity contribution < 1.29 is 9.53 Å². The third kappa shape index (κ3) is 5.17. The minimum absolute atomic E-state index is 0.171. The average Bonchev–Trinajstić information content (AvgIpc) is 2.35. The number of benzene rings is 1. The summed E-state index contributed by atoms with van der Waals surface area (Å²) >= 11 is 0. The summed E-state index contributed by atoms with van der Waals surface area (Å²) in [7, 11) is 0. The van der Waals surface area contributed by atoms with E-state index in [1.807, 2.05) is 32.1 Å². The molecule has 1 unspecified atom stereocenters. The van der Waals surface area contributed by atoms with Gasteiger partial charge in [-0.05, 0) is 38.5 Å². The van der Waals surface area contributed by atoms with Crippen molar-refractivity contribution in [3.05, 3.63) is 47.5 Å². The minimum atomic E-state index is -0.261. The number of rotatable bonds is 6. The van der Waals surface area contributed by atoms with Gasteiger partial charge in [0.1, 0.15) is 6.10 Å². The van der Waals surface area contributed by atoms with Crippen molar-refractivity contribution in [2.75, 3.05) is 0 Å². The number of carbonyl (C=O) groups is 1. The molecule has 18 heavy (non-hydrogen) atoms. The molecule has 0 amide bonds. The molecule has 0 heterocycles. The first-order valence-electron chi connectivity index (χ1n) is 6.57. The number of unbranched alkanes of at least 4 members (excludes halogenated alkanes) is 2. The van der Waals surface area contributed by atoms with Crippen LogP contribution in [0.3, 0.4) is 0 Å². The molecular weight excluding hydrogens is 224 g/mol. The lowest BCUT2D eigenvalue weighted by Crippen LogP contribution is -2.12. The van der Waals surface area contributed by atoms with Crippen molar-refractivity contribution in [3.8, 4) is 0 Å². The van der Waals surface area contributed by atoms with Crippen LogP contribution in [0.25, 0.3) is 0 Å². The molecule has 0 radical (unpaired) electrons. The fourth-order valence-corrected chi connectivity index (χ4v) is 1.58. The lowest BCUT2D eigenvalue weighted by atomic mass is 10.1. The number of hydrogen-bond acceptors (Lipinski definition) is 2. The van der Waals surface area contributed by atoms with Crippen molar-refractivity contribution in [2.45, 2.75) is 46.1 Å². The normalized spacial score (nSPS) is 12.6. The molecule has 0 bridgehead atoms. The van der Waals surface area contributed by atoms with Gasteiger partial charge in [-0.15, -0.1) is 0 Å². The van der Waals surface area contributed by atoms with Gasteiger partial charge in [0.05, 0.1) is 5.56 Å². The number of aryl methyl sites for hydroxylation is 1. The Labute approximate surface area is 110 Å². The molecule has 0 spiro atoms. The van der Waals surface area contributed by atoms with Crippen LogP contribution in [0, 0.1) is 6.92 Å². The molecule has 1 atom stereocenters. The quantitative estimate of drug-likeness (QED) is 0.425. The summed E-state index contributed by atoms with van der Waals surface area (Å²) in [5.74, 6) is -0.261. The second-order valence-electron chi connectivity index (χ2n) is 4.55. The van der Waals surface area contributed by atoms with Gasteiger partial charge >= 0.3 is 5.97 Å². The van der Waals surface area contributed by atoms with E-state index >= 15 is 0 Å². The topological polar surface area (TPSA) is 26.3 Å². The molecule has 1 rings (SSSR count). The van der Waals surface area contributed by atoms with Crippen molar-refractivity contribution in [2.24, 2.45) is 0 Å². The highest BCUT2D eigenvalue weighted by Gasteiger charge is 2.09. The predicted octanol–water partition coefficient (Wildman–Crippen LogP) is 4.29. The van der Waals surface area contributed by atoms with Crippen LogP contribution in [-0.2, 0) is 4.74 Å². The molecule has 0 aromatic heterocycles. The summed E-state index contributed by atoms with van der Waals surface area (Å²) in [6, 6.07) is 7.42. The summed E-state index contributed by atoms with van der Waals surface area (Å²) in [6.07, 6.45) is 7.26. The highest BCUT2D eigenvalue weighted by atomic mass is 16.5. The van der Waals surface area contributed by atoms with Crippen LogP contribution < -0.4 is 0 Å². The van der Waals surface area contributed by atoms with E-state index in [1.165, 1.54) is 12.8 Å². The van der Waals surface area contributed by atoms with E-state index in [9.17, 15) is 4.79 Å². The lowest BCUT2D eigenvalue weighted by molar-refractivity contribution is 0.0424. The zero-order valence-corrected chi connectivity index (χ0v) is 11.5. The van der Waals surface area contributed by atoms with Crippen LogP contribution >= 0.6 is 0 Å². The molecule has 1 aromatic carbocycles. The molecule has 1 aromatic rings. The first-order chi connectivity index (χ1) is 8.63. The van der Waals surface area contributed by atoms with Crippen LogP contribution in [0.2, 0.25) is 0 Å². The zero-order valence-electron chi connectivity index (χ0n) is 11.5. The van der Waals surface area contributed by atoms with Gasteiger partial charge in [0.15, 0.2) is 0 Å². The second-order valence-corrected chi connectivity index (χ2v) is 4.55. The Morgan fingerprint density at radius 1 is 1.33 bits per heavy atom. The van der Waals surface area contributed by atoms with Gasteiger partial charge in [-0.2, -0.15) is 0 Å². The highest BCUT2D eigenvalue weighted by molar-refractivity contribution is 5.89. The van der Waals surface area contributed by atoms with Crippen LogP contribution in [0.5, 0.6) is 0 Å². The van der Waals surface area contributed by atoms with E-state index in [1.54, 1.807) is 12.1 Å². The van der Waals surface area contributed by atoms with Crippen LogP contribution in [0.1, 0.15) is 49.0 Å². The number of carbonyl (C=O) groups excluding carboxylic acids is 1. The summed E-state index contributed by atoms with van der Waals surface area (Å²) in [4.78, 5) is 11.8. The number of allylic oxidation sites excluding steroid dienone is 1. The van der Waals surface area contributed by atoms with Gasteiger partial charge in [0.25, 0.3) is 0 Å². The first-order valence-corrected chi connectivity index (χ1v) is 6.57. The first kappa shape index (κ1) is 14.5. The average molecular weight is 246 g/mol. The van der Waals surface area contributed by atoms with Gasteiger partial charge in [-0.3, -0.25) is 0 Å². The Morgan fingerprint density at radius 2 is 2.00 bits per heavy atom. The molecule has 0 fully saturated rings. The third-order valence-electron chi connectivity index (χ3n) is 2.71. The van der Waals surface area contributed by atoms with Gasteiger partial charge in [-0.1, -0.05) is 43.5 Å². The van der Waals surface area contributed by atoms with E-state index in [2.05, 4.69) is 13.0 Å². The Bertz CT molecular complexity index is 390.